The highest BCUT2D eigenvalue weighted by Gasteiger charge is 2.18. The molecule has 6 nitrogen and oxygen atoms in total. The molecule has 0 aliphatic carbocycles. The Labute approximate surface area is 119 Å². The molecule has 0 spiro atoms. The molecule has 0 amide bonds. The number of methoxy groups -OCH3 is 2. The van der Waals surface area contributed by atoms with Gasteiger partial charge in [-0.05, 0) is 19.1 Å². The first-order valence-electron chi connectivity index (χ1n) is 5.39. The number of ether oxygens (including phenoxy) is 2. The highest BCUT2D eigenvalue weighted by atomic mass is 35.5. The zero-order valence-electron chi connectivity index (χ0n) is 11.0. The summed E-state index contributed by atoms with van der Waals surface area (Å²) in [5.41, 5.74) is 5.39. The standard InChI is InChI=1S/C11H18N2O4S.ClH/c1-8(7-12)13-18(14,15)9-4-5-10(16-2)11(6-9)17-3;/h4-6,8,13H,7,12H2,1-3H3;1H/t8-;/m1./s1. The van der Waals surface area contributed by atoms with E-state index >= 15 is 0 Å². The van der Waals surface area contributed by atoms with E-state index in [1.807, 2.05) is 0 Å². The van der Waals surface area contributed by atoms with E-state index in [2.05, 4.69) is 4.72 Å². The zero-order chi connectivity index (χ0) is 13.8. The molecule has 0 saturated carbocycles. The molecule has 3 N–H and O–H groups in total. The fraction of sp³-hybridized carbons (Fsp3) is 0.455. The minimum atomic E-state index is -3.59. The SMILES string of the molecule is COc1ccc(S(=O)(=O)N[C@H](C)CN)cc1OC.Cl. The first-order valence-corrected chi connectivity index (χ1v) is 6.87. The van der Waals surface area contributed by atoms with Gasteiger partial charge in [-0.1, -0.05) is 0 Å². The van der Waals surface area contributed by atoms with Crippen molar-refractivity contribution in [2.45, 2.75) is 17.9 Å². The lowest BCUT2D eigenvalue weighted by atomic mass is 10.3. The Morgan fingerprint density at radius 1 is 1.26 bits per heavy atom. The van der Waals surface area contributed by atoms with Crippen LogP contribution in [0.25, 0.3) is 0 Å². The van der Waals surface area contributed by atoms with Gasteiger partial charge in [-0.2, -0.15) is 0 Å². The summed E-state index contributed by atoms with van der Waals surface area (Å²) < 4.78 is 36.6. The van der Waals surface area contributed by atoms with Crippen LogP contribution in [-0.2, 0) is 10.0 Å². The number of rotatable bonds is 6. The molecule has 0 aliphatic rings. The van der Waals surface area contributed by atoms with Crippen LogP contribution in [-0.4, -0.2) is 35.2 Å². The summed E-state index contributed by atoms with van der Waals surface area (Å²) in [4.78, 5) is 0.112. The van der Waals surface area contributed by atoms with Gasteiger partial charge in [0.25, 0.3) is 0 Å². The van der Waals surface area contributed by atoms with Gasteiger partial charge in [0, 0.05) is 18.7 Å². The van der Waals surface area contributed by atoms with Crippen molar-refractivity contribution in [3.63, 3.8) is 0 Å². The second kappa shape index (κ2) is 7.54. The quantitative estimate of drug-likeness (QED) is 0.809. The summed E-state index contributed by atoms with van der Waals surface area (Å²) in [5.74, 6) is 0.837. The summed E-state index contributed by atoms with van der Waals surface area (Å²) >= 11 is 0. The molecular formula is C11H19ClN2O4S. The maximum atomic E-state index is 12.0. The summed E-state index contributed by atoms with van der Waals surface area (Å²) in [6.07, 6.45) is 0. The summed E-state index contributed by atoms with van der Waals surface area (Å²) in [6, 6.07) is 4.07. The predicted octanol–water partition coefficient (Wildman–Crippen LogP) is 0.751. The molecule has 0 fully saturated rings. The maximum Gasteiger partial charge on any atom is 0.240 e. The summed E-state index contributed by atoms with van der Waals surface area (Å²) in [6.45, 7) is 1.92. The van der Waals surface area contributed by atoms with Crippen molar-refractivity contribution in [1.29, 1.82) is 0 Å². The van der Waals surface area contributed by atoms with Crippen molar-refractivity contribution in [3.8, 4) is 11.5 Å². The molecule has 0 saturated heterocycles. The van der Waals surface area contributed by atoms with Crippen LogP contribution >= 0.6 is 12.4 Å². The number of halogens is 1. The van der Waals surface area contributed by atoms with Gasteiger partial charge in [0.05, 0.1) is 19.1 Å². The van der Waals surface area contributed by atoms with E-state index in [1.165, 1.54) is 26.4 Å². The molecule has 0 bridgehead atoms. The number of hydrogen-bond donors (Lipinski definition) is 2. The molecule has 0 aromatic heterocycles. The van der Waals surface area contributed by atoms with Crippen LogP contribution < -0.4 is 19.9 Å². The minimum Gasteiger partial charge on any atom is -0.493 e. The molecule has 8 heteroatoms. The van der Waals surface area contributed by atoms with E-state index in [0.29, 0.717) is 11.5 Å². The largest absolute Gasteiger partial charge is 0.493 e. The number of hydrogen-bond acceptors (Lipinski definition) is 5. The Balaban J connectivity index is 0.00000324. The average molecular weight is 311 g/mol. The lowest BCUT2D eigenvalue weighted by Gasteiger charge is -2.13. The van der Waals surface area contributed by atoms with Gasteiger partial charge in [-0.15, -0.1) is 12.4 Å². The number of benzene rings is 1. The van der Waals surface area contributed by atoms with Crippen LogP contribution in [0.2, 0.25) is 0 Å². The van der Waals surface area contributed by atoms with Crippen molar-refractivity contribution in [3.05, 3.63) is 18.2 Å². The first kappa shape index (κ1) is 18.0. The van der Waals surface area contributed by atoms with Gasteiger partial charge in [0.1, 0.15) is 0 Å². The van der Waals surface area contributed by atoms with Crippen molar-refractivity contribution in [1.82, 2.24) is 4.72 Å². The van der Waals surface area contributed by atoms with Gasteiger partial charge >= 0.3 is 0 Å². The van der Waals surface area contributed by atoms with Crippen molar-refractivity contribution in [2.75, 3.05) is 20.8 Å². The Hall–Kier alpha value is -1.02. The molecule has 1 atom stereocenters. The van der Waals surface area contributed by atoms with E-state index in [4.69, 9.17) is 15.2 Å². The molecule has 19 heavy (non-hydrogen) atoms. The number of nitrogens with two attached hydrogens (primary N) is 1. The molecule has 110 valence electrons. The van der Waals surface area contributed by atoms with Crippen LogP contribution in [0.1, 0.15) is 6.92 Å². The third kappa shape index (κ3) is 4.54. The molecule has 0 heterocycles. The second-order valence-electron chi connectivity index (χ2n) is 3.77. The van der Waals surface area contributed by atoms with Crippen LogP contribution in [0.4, 0.5) is 0 Å². The zero-order valence-corrected chi connectivity index (χ0v) is 12.7. The lowest BCUT2D eigenvalue weighted by Crippen LogP contribution is -2.37. The van der Waals surface area contributed by atoms with E-state index in [1.54, 1.807) is 13.0 Å². The fourth-order valence-corrected chi connectivity index (χ4v) is 2.64. The van der Waals surface area contributed by atoms with Crippen molar-refractivity contribution >= 4 is 22.4 Å². The highest BCUT2D eigenvalue weighted by molar-refractivity contribution is 7.89. The normalized spacial score (nSPS) is 12.4. The van der Waals surface area contributed by atoms with Crippen LogP contribution in [0, 0.1) is 0 Å². The fourth-order valence-electron chi connectivity index (χ4n) is 1.36. The molecule has 0 unspecified atom stereocenters. The Bertz CT molecular complexity index is 507. The van der Waals surface area contributed by atoms with Crippen LogP contribution in [0.15, 0.2) is 23.1 Å². The topological polar surface area (TPSA) is 90.7 Å². The monoisotopic (exact) mass is 310 g/mol. The van der Waals surface area contributed by atoms with E-state index < -0.39 is 10.0 Å². The molecule has 0 aliphatic heterocycles. The van der Waals surface area contributed by atoms with Crippen LogP contribution in [0.3, 0.4) is 0 Å². The number of sulfonamides is 1. The Morgan fingerprint density at radius 2 is 1.84 bits per heavy atom. The van der Waals surface area contributed by atoms with Gasteiger partial charge < -0.3 is 15.2 Å². The van der Waals surface area contributed by atoms with Crippen molar-refractivity contribution in [2.24, 2.45) is 5.73 Å². The second-order valence-corrected chi connectivity index (χ2v) is 5.49. The van der Waals surface area contributed by atoms with E-state index in [9.17, 15) is 8.42 Å². The highest BCUT2D eigenvalue weighted by Crippen LogP contribution is 2.29. The Kier molecular flexibility index (Phi) is 7.14. The minimum absolute atomic E-state index is 0. The molecule has 0 radical (unpaired) electrons. The maximum absolute atomic E-state index is 12.0. The molecular weight excluding hydrogens is 292 g/mol. The van der Waals surface area contributed by atoms with Gasteiger partial charge in [-0.3, -0.25) is 0 Å². The van der Waals surface area contributed by atoms with Crippen molar-refractivity contribution < 1.29 is 17.9 Å². The molecule has 1 aromatic carbocycles. The van der Waals surface area contributed by atoms with E-state index in [-0.39, 0.29) is 29.9 Å². The van der Waals surface area contributed by atoms with Gasteiger partial charge in [0.15, 0.2) is 11.5 Å². The third-order valence-electron chi connectivity index (χ3n) is 2.38. The smallest absolute Gasteiger partial charge is 0.240 e. The molecule has 1 rings (SSSR count). The number of nitrogens with one attached hydrogen (secondary N) is 1. The predicted molar refractivity (Wildman–Crippen MR) is 75.6 cm³/mol. The van der Waals surface area contributed by atoms with E-state index in [0.717, 1.165) is 0 Å². The van der Waals surface area contributed by atoms with Gasteiger partial charge in [-0.25, -0.2) is 13.1 Å². The summed E-state index contributed by atoms with van der Waals surface area (Å²) in [7, 11) is -0.659. The summed E-state index contributed by atoms with van der Waals surface area (Å²) in [5, 5.41) is 0. The third-order valence-corrected chi connectivity index (χ3v) is 3.96. The lowest BCUT2D eigenvalue weighted by molar-refractivity contribution is 0.354. The Morgan fingerprint density at radius 3 is 2.32 bits per heavy atom. The van der Waals surface area contributed by atoms with Crippen LogP contribution in [0.5, 0.6) is 11.5 Å². The average Bonchev–Trinajstić information content (AvgIpc) is 2.37. The molecule has 1 aromatic rings. The van der Waals surface area contributed by atoms with Gasteiger partial charge in [0.2, 0.25) is 10.0 Å². The first-order chi connectivity index (χ1) is 8.44.